The number of hydrogen-bond acceptors (Lipinski definition) is 4. The van der Waals surface area contributed by atoms with Crippen molar-refractivity contribution in [2.75, 3.05) is 5.73 Å². The van der Waals surface area contributed by atoms with Gasteiger partial charge in [0.05, 0.1) is 23.8 Å². The normalized spacial score (nSPS) is 9.60. The first-order valence-electron chi connectivity index (χ1n) is 4.28. The first-order chi connectivity index (χ1) is 7.31. The van der Waals surface area contributed by atoms with E-state index in [0.717, 1.165) is 5.69 Å². The van der Waals surface area contributed by atoms with Crippen LogP contribution >= 0.6 is 0 Å². The van der Waals surface area contributed by atoms with Gasteiger partial charge in [0, 0.05) is 0 Å². The van der Waals surface area contributed by atoms with E-state index in [0.29, 0.717) is 11.4 Å². The van der Waals surface area contributed by atoms with E-state index < -0.39 is 0 Å². The first-order valence-corrected chi connectivity index (χ1v) is 4.28. The molecule has 0 saturated heterocycles. The number of para-hydroxylation sites is 2. The Hall–Kier alpha value is -2.39. The molecule has 2 aromatic rings. The molecule has 1 aromatic carbocycles. The van der Waals surface area contributed by atoms with E-state index in [1.54, 1.807) is 16.9 Å². The average molecular weight is 200 g/mol. The highest BCUT2D eigenvalue weighted by Gasteiger charge is 2.02. The zero-order chi connectivity index (χ0) is 10.7. The summed E-state index contributed by atoms with van der Waals surface area (Å²) in [5, 5.41) is 4.03. The number of nitrogens with zero attached hydrogens (tertiary/aromatic N) is 3. The van der Waals surface area contributed by atoms with Crippen LogP contribution in [0, 0.1) is 0 Å². The Labute approximate surface area is 85.9 Å². The van der Waals surface area contributed by atoms with Gasteiger partial charge in [-0.3, -0.25) is 0 Å². The molecule has 0 aliphatic rings. The second kappa shape index (κ2) is 3.77. The number of nitrogen functional groups attached to an aromatic ring is 1. The predicted molar refractivity (Wildman–Crippen MR) is 55.8 cm³/mol. The van der Waals surface area contributed by atoms with Crippen molar-refractivity contribution in [2.24, 2.45) is 4.99 Å². The number of aromatic nitrogens is 2. The Balaban J connectivity index is 2.46. The first kappa shape index (κ1) is 9.18. The topological polar surface area (TPSA) is 73.3 Å². The van der Waals surface area contributed by atoms with Crippen molar-refractivity contribution in [2.45, 2.75) is 0 Å². The van der Waals surface area contributed by atoms with Gasteiger partial charge in [-0.1, -0.05) is 12.1 Å². The molecule has 5 nitrogen and oxygen atoms in total. The predicted octanol–water partition coefficient (Wildman–Crippen LogP) is 1.42. The standard InChI is InChI=1S/C10H8N4O/c11-9-3-1-2-4-10(9)14-6-8(5-13-14)12-7-15/h1-6H,11H2. The molecule has 1 aromatic heterocycles. The maximum Gasteiger partial charge on any atom is 0.240 e. The monoisotopic (exact) mass is 200 g/mol. The van der Waals surface area contributed by atoms with Gasteiger partial charge in [-0.2, -0.15) is 10.1 Å². The zero-order valence-corrected chi connectivity index (χ0v) is 7.79. The third kappa shape index (κ3) is 1.77. The van der Waals surface area contributed by atoms with E-state index in [2.05, 4.69) is 10.1 Å². The number of carbonyl (C=O) groups excluding carboxylic acids is 1. The zero-order valence-electron chi connectivity index (χ0n) is 7.79. The van der Waals surface area contributed by atoms with Crippen molar-refractivity contribution >= 4 is 17.5 Å². The lowest BCUT2D eigenvalue weighted by molar-refractivity contribution is 0.565. The molecule has 2 rings (SSSR count). The van der Waals surface area contributed by atoms with Gasteiger partial charge in [0.1, 0.15) is 5.69 Å². The summed E-state index contributed by atoms with van der Waals surface area (Å²) in [7, 11) is 0. The van der Waals surface area contributed by atoms with Gasteiger partial charge >= 0.3 is 0 Å². The van der Waals surface area contributed by atoms with Gasteiger partial charge in [0.25, 0.3) is 0 Å². The lowest BCUT2D eigenvalue weighted by Gasteiger charge is -2.03. The highest BCUT2D eigenvalue weighted by atomic mass is 16.1. The maximum absolute atomic E-state index is 10.0. The molecule has 2 N–H and O–H groups in total. The Morgan fingerprint density at radius 2 is 2.20 bits per heavy atom. The van der Waals surface area contributed by atoms with Crippen molar-refractivity contribution in [3.8, 4) is 5.69 Å². The van der Waals surface area contributed by atoms with Crippen LogP contribution in [0.1, 0.15) is 0 Å². The molecule has 0 unspecified atom stereocenters. The molecule has 0 amide bonds. The van der Waals surface area contributed by atoms with Crippen molar-refractivity contribution < 1.29 is 4.79 Å². The minimum Gasteiger partial charge on any atom is -0.397 e. The molecular weight excluding hydrogens is 192 g/mol. The minimum absolute atomic E-state index is 0.452. The van der Waals surface area contributed by atoms with Crippen LogP contribution in [-0.4, -0.2) is 15.9 Å². The van der Waals surface area contributed by atoms with Gasteiger partial charge in [-0.25, -0.2) is 9.48 Å². The molecule has 0 aliphatic carbocycles. The Morgan fingerprint density at radius 3 is 2.93 bits per heavy atom. The van der Waals surface area contributed by atoms with Crippen LogP contribution in [0.4, 0.5) is 11.4 Å². The summed E-state index contributed by atoms with van der Waals surface area (Å²) >= 11 is 0. The summed E-state index contributed by atoms with van der Waals surface area (Å²) in [5.41, 5.74) is 7.59. The summed E-state index contributed by atoms with van der Waals surface area (Å²) in [4.78, 5) is 13.5. The number of nitrogens with two attached hydrogens (primary N) is 1. The third-order valence-corrected chi connectivity index (χ3v) is 1.93. The van der Waals surface area contributed by atoms with Crippen molar-refractivity contribution in [3.63, 3.8) is 0 Å². The molecule has 0 fully saturated rings. The summed E-state index contributed by atoms with van der Waals surface area (Å²) in [6.07, 6.45) is 4.53. The smallest absolute Gasteiger partial charge is 0.240 e. The van der Waals surface area contributed by atoms with Gasteiger partial charge in [-0.05, 0) is 12.1 Å². The lowest BCUT2D eigenvalue weighted by atomic mass is 10.3. The van der Waals surface area contributed by atoms with Gasteiger partial charge in [0.2, 0.25) is 6.08 Å². The summed E-state index contributed by atoms with van der Waals surface area (Å²) < 4.78 is 1.56. The number of rotatable bonds is 2. The number of anilines is 1. The SMILES string of the molecule is Nc1ccccc1-n1cc(N=C=O)cn1. The van der Waals surface area contributed by atoms with Gasteiger partial charge < -0.3 is 5.73 Å². The van der Waals surface area contributed by atoms with Gasteiger partial charge in [-0.15, -0.1) is 0 Å². The van der Waals surface area contributed by atoms with E-state index in [1.807, 2.05) is 18.2 Å². The Morgan fingerprint density at radius 1 is 1.40 bits per heavy atom. The fourth-order valence-electron chi connectivity index (χ4n) is 1.25. The molecule has 5 heteroatoms. The molecular formula is C10H8N4O. The summed E-state index contributed by atoms with van der Waals surface area (Å²) in [5.74, 6) is 0. The number of aliphatic imine (C=N–C) groups is 1. The van der Waals surface area contributed by atoms with Gasteiger partial charge in [0.15, 0.2) is 0 Å². The second-order valence-electron chi connectivity index (χ2n) is 2.91. The summed E-state index contributed by atoms with van der Waals surface area (Å²) in [6, 6.07) is 7.30. The molecule has 0 atom stereocenters. The summed E-state index contributed by atoms with van der Waals surface area (Å²) in [6.45, 7) is 0. The Bertz CT molecular complexity index is 526. The molecule has 0 radical (unpaired) electrons. The molecule has 1 heterocycles. The molecule has 0 saturated carbocycles. The van der Waals surface area contributed by atoms with Crippen LogP contribution in [-0.2, 0) is 4.79 Å². The van der Waals surface area contributed by atoms with E-state index in [9.17, 15) is 4.79 Å². The largest absolute Gasteiger partial charge is 0.397 e. The van der Waals surface area contributed by atoms with Crippen molar-refractivity contribution in [3.05, 3.63) is 36.7 Å². The molecule has 15 heavy (non-hydrogen) atoms. The number of isocyanates is 1. The van der Waals surface area contributed by atoms with Crippen molar-refractivity contribution in [1.29, 1.82) is 0 Å². The highest BCUT2D eigenvalue weighted by Crippen LogP contribution is 2.18. The molecule has 0 bridgehead atoms. The van der Waals surface area contributed by atoms with Crippen LogP contribution in [0.15, 0.2) is 41.7 Å². The third-order valence-electron chi connectivity index (χ3n) is 1.93. The van der Waals surface area contributed by atoms with Crippen LogP contribution in [0.5, 0.6) is 0 Å². The lowest BCUT2D eigenvalue weighted by Crippen LogP contribution is -1.98. The van der Waals surface area contributed by atoms with E-state index in [-0.39, 0.29) is 0 Å². The van der Waals surface area contributed by atoms with E-state index in [4.69, 9.17) is 5.73 Å². The van der Waals surface area contributed by atoms with Crippen molar-refractivity contribution in [1.82, 2.24) is 9.78 Å². The number of benzene rings is 1. The average Bonchev–Trinajstić information content (AvgIpc) is 2.68. The van der Waals surface area contributed by atoms with Crippen LogP contribution < -0.4 is 5.73 Å². The quantitative estimate of drug-likeness (QED) is 0.452. The van der Waals surface area contributed by atoms with Crippen LogP contribution in [0.2, 0.25) is 0 Å². The second-order valence-corrected chi connectivity index (χ2v) is 2.91. The van der Waals surface area contributed by atoms with E-state index >= 15 is 0 Å². The van der Waals surface area contributed by atoms with Crippen LogP contribution in [0.3, 0.4) is 0 Å². The van der Waals surface area contributed by atoms with E-state index in [1.165, 1.54) is 12.3 Å². The van der Waals surface area contributed by atoms with Crippen LogP contribution in [0.25, 0.3) is 5.69 Å². The highest BCUT2D eigenvalue weighted by molar-refractivity contribution is 5.58. The molecule has 0 aliphatic heterocycles. The maximum atomic E-state index is 10.0. The molecule has 74 valence electrons. The number of hydrogen-bond donors (Lipinski definition) is 1. The molecule has 0 spiro atoms. The fourth-order valence-corrected chi connectivity index (χ4v) is 1.25. The fraction of sp³-hybridized carbons (Fsp3) is 0. The minimum atomic E-state index is 0.452. The Kier molecular flexibility index (Phi) is 2.31.